The zero-order valence-corrected chi connectivity index (χ0v) is 19.6. The first-order valence-electron chi connectivity index (χ1n) is 11.7. The van der Waals surface area contributed by atoms with Gasteiger partial charge in [0.25, 0.3) is 0 Å². The molecule has 5 heteroatoms. The van der Waals surface area contributed by atoms with Crippen molar-refractivity contribution in [2.75, 3.05) is 0 Å². The third-order valence-corrected chi connectivity index (χ3v) is 7.22. The van der Waals surface area contributed by atoms with E-state index in [4.69, 9.17) is 0 Å². The second-order valence-corrected chi connectivity index (χ2v) is 9.82. The summed E-state index contributed by atoms with van der Waals surface area (Å²) in [7, 11) is 0. The van der Waals surface area contributed by atoms with Crippen LogP contribution in [0.3, 0.4) is 0 Å². The highest BCUT2D eigenvalue weighted by Crippen LogP contribution is 2.50. The molecule has 0 heterocycles. The molecule has 0 atom stereocenters. The minimum Gasteiger partial charge on any atom is -0.508 e. The maximum Gasteiger partial charge on any atom is 0.201 e. The van der Waals surface area contributed by atoms with Crippen molar-refractivity contribution in [1.82, 2.24) is 0 Å². The Kier molecular flexibility index (Phi) is 4.97. The van der Waals surface area contributed by atoms with Crippen LogP contribution in [0.2, 0.25) is 0 Å². The number of carbonyl (C=O) groups is 1. The smallest absolute Gasteiger partial charge is 0.201 e. The Morgan fingerprint density at radius 1 is 0.794 bits per heavy atom. The largest absolute Gasteiger partial charge is 0.508 e. The van der Waals surface area contributed by atoms with Gasteiger partial charge in [0.1, 0.15) is 23.0 Å². The summed E-state index contributed by atoms with van der Waals surface area (Å²) in [5.41, 5.74) is 1.57. The van der Waals surface area contributed by atoms with Gasteiger partial charge in [-0.15, -0.1) is 0 Å². The maximum absolute atomic E-state index is 13.4. The predicted molar refractivity (Wildman–Crippen MR) is 133 cm³/mol. The van der Waals surface area contributed by atoms with E-state index in [1.165, 1.54) is 6.07 Å². The van der Waals surface area contributed by atoms with Gasteiger partial charge in [-0.2, -0.15) is 0 Å². The Labute approximate surface area is 197 Å². The van der Waals surface area contributed by atoms with Crippen LogP contribution in [0.1, 0.15) is 72.6 Å². The zero-order valence-electron chi connectivity index (χ0n) is 19.6. The molecule has 0 aromatic heterocycles. The molecular formula is C29H28O5. The minimum atomic E-state index is -0.793. The summed E-state index contributed by atoms with van der Waals surface area (Å²) < 4.78 is 0. The quantitative estimate of drug-likeness (QED) is 0.210. The summed E-state index contributed by atoms with van der Waals surface area (Å²) in [6.07, 6.45) is 4.20. The van der Waals surface area contributed by atoms with E-state index in [-0.39, 0.29) is 34.1 Å². The van der Waals surface area contributed by atoms with Crippen LogP contribution >= 0.6 is 0 Å². The molecule has 0 unspecified atom stereocenters. The van der Waals surface area contributed by atoms with E-state index in [0.29, 0.717) is 27.3 Å². The molecule has 4 N–H and O–H groups in total. The van der Waals surface area contributed by atoms with Gasteiger partial charge in [0, 0.05) is 22.3 Å². The van der Waals surface area contributed by atoms with Crippen molar-refractivity contribution in [3.63, 3.8) is 0 Å². The molecule has 4 aromatic rings. The summed E-state index contributed by atoms with van der Waals surface area (Å²) in [4.78, 5) is 13.4. The van der Waals surface area contributed by atoms with Crippen LogP contribution in [0.4, 0.5) is 0 Å². The molecule has 0 radical (unpaired) electrons. The average molecular weight is 457 g/mol. The minimum absolute atomic E-state index is 0.0882. The Hall–Kier alpha value is -3.73. The van der Waals surface area contributed by atoms with Crippen LogP contribution in [-0.2, 0) is 11.8 Å². The molecule has 1 aliphatic carbocycles. The van der Waals surface area contributed by atoms with Crippen molar-refractivity contribution in [2.24, 2.45) is 0 Å². The number of aromatic hydroxyl groups is 4. The lowest BCUT2D eigenvalue weighted by Gasteiger charge is -2.35. The van der Waals surface area contributed by atoms with Crippen molar-refractivity contribution >= 4 is 27.3 Å². The van der Waals surface area contributed by atoms with Gasteiger partial charge in [-0.3, -0.25) is 4.79 Å². The number of unbranched alkanes of at least 4 members (excludes halogenated alkanes) is 2. The highest BCUT2D eigenvalue weighted by molar-refractivity contribution is 6.21. The molecular weight excluding hydrogens is 428 g/mol. The molecule has 0 bridgehead atoms. The number of benzene rings is 4. The molecule has 0 aliphatic heterocycles. The molecule has 34 heavy (non-hydrogen) atoms. The molecule has 0 fully saturated rings. The predicted octanol–water partition coefficient (Wildman–Crippen LogP) is 6.42. The van der Waals surface area contributed by atoms with Crippen molar-refractivity contribution < 1.29 is 25.2 Å². The highest BCUT2D eigenvalue weighted by Gasteiger charge is 2.41. The Morgan fingerprint density at radius 2 is 1.53 bits per heavy atom. The van der Waals surface area contributed by atoms with Gasteiger partial charge in [-0.05, 0) is 64.6 Å². The fourth-order valence-electron chi connectivity index (χ4n) is 5.43. The lowest BCUT2D eigenvalue weighted by molar-refractivity contribution is 0.102. The van der Waals surface area contributed by atoms with Crippen LogP contribution in [0.5, 0.6) is 23.0 Å². The lowest BCUT2D eigenvalue weighted by atomic mass is 9.67. The van der Waals surface area contributed by atoms with Gasteiger partial charge in [-0.1, -0.05) is 45.7 Å². The first-order valence-corrected chi connectivity index (χ1v) is 11.7. The summed E-state index contributed by atoms with van der Waals surface area (Å²) in [6, 6.07) is 12.0. The molecule has 5 rings (SSSR count). The van der Waals surface area contributed by atoms with Crippen molar-refractivity contribution in [3.8, 4) is 23.0 Å². The Bertz CT molecular complexity index is 1500. The molecule has 1 aliphatic rings. The summed E-state index contributed by atoms with van der Waals surface area (Å²) in [5.74, 6) is -0.965. The number of phenols is 4. The second kappa shape index (κ2) is 7.66. The van der Waals surface area contributed by atoms with Gasteiger partial charge >= 0.3 is 0 Å². The van der Waals surface area contributed by atoms with E-state index in [1.807, 2.05) is 26.0 Å². The number of carbonyl (C=O) groups excluding carboxylic acids is 1. The van der Waals surface area contributed by atoms with Crippen LogP contribution in [-0.4, -0.2) is 26.2 Å². The molecule has 0 amide bonds. The number of ketones is 1. The Morgan fingerprint density at radius 3 is 2.26 bits per heavy atom. The van der Waals surface area contributed by atoms with E-state index < -0.39 is 11.2 Å². The van der Waals surface area contributed by atoms with Gasteiger partial charge in [0.05, 0.1) is 11.1 Å². The number of fused-ring (bicyclic) bond motifs is 5. The van der Waals surface area contributed by atoms with E-state index in [2.05, 4.69) is 13.0 Å². The highest BCUT2D eigenvalue weighted by atomic mass is 16.3. The summed E-state index contributed by atoms with van der Waals surface area (Å²) in [6.45, 7) is 5.93. The second-order valence-electron chi connectivity index (χ2n) is 9.82. The topological polar surface area (TPSA) is 98.0 Å². The van der Waals surface area contributed by atoms with Crippen LogP contribution in [0, 0.1) is 0 Å². The van der Waals surface area contributed by atoms with Crippen LogP contribution in [0.15, 0.2) is 42.5 Å². The molecule has 4 aromatic carbocycles. The van der Waals surface area contributed by atoms with Gasteiger partial charge in [0.15, 0.2) is 0 Å². The standard InChI is InChI=1S/C29H28O5/c1-4-5-6-7-15-10-16-8-9-18-19(24(16)22(31)11-15)14-21-26(27(18)33)28(34)25-20(29(21,2)3)12-17(30)13-23(25)32/h8-14,30-33H,4-7H2,1-3H3. The lowest BCUT2D eigenvalue weighted by Crippen LogP contribution is -2.30. The fraction of sp³-hybridized carbons (Fsp3) is 0.276. The number of rotatable bonds is 4. The van der Waals surface area contributed by atoms with E-state index in [1.54, 1.807) is 12.1 Å². The fourth-order valence-corrected chi connectivity index (χ4v) is 5.43. The molecule has 5 nitrogen and oxygen atoms in total. The summed E-state index contributed by atoms with van der Waals surface area (Å²) >= 11 is 0. The van der Waals surface area contributed by atoms with E-state index in [0.717, 1.165) is 42.7 Å². The average Bonchev–Trinajstić information content (AvgIpc) is 2.77. The van der Waals surface area contributed by atoms with E-state index in [9.17, 15) is 25.2 Å². The van der Waals surface area contributed by atoms with Crippen LogP contribution < -0.4 is 0 Å². The third-order valence-electron chi connectivity index (χ3n) is 7.22. The number of hydrogen-bond acceptors (Lipinski definition) is 5. The first kappa shape index (κ1) is 22.1. The maximum atomic E-state index is 13.4. The molecule has 0 saturated heterocycles. The molecule has 174 valence electrons. The Balaban J connectivity index is 1.79. The van der Waals surface area contributed by atoms with Gasteiger partial charge in [0.2, 0.25) is 5.78 Å². The summed E-state index contributed by atoms with van der Waals surface area (Å²) in [5, 5.41) is 45.4. The third kappa shape index (κ3) is 3.11. The number of aryl methyl sites for hydroxylation is 1. The first-order chi connectivity index (χ1) is 16.1. The zero-order chi connectivity index (χ0) is 24.4. The molecule has 0 spiro atoms. The van der Waals surface area contributed by atoms with Gasteiger partial charge < -0.3 is 20.4 Å². The van der Waals surface area contributed by atoms with Gasteiger partial charge in [-0.25, -0.2) is 0 Å². The number of phenolic OH excluding ortho intramolecular Hbond substituents is 4. The SMILES string of the molecule is CCCCCc1cc(O)c2c(ccc3c(O)c4c(cc32)C(C)(C)c2cc(O)cc(O)c2C4=O)c1. The van der Waals surface area contributed by atoms with Crippen molar-refractivity contribution in [3.05, 3.63) is 70.3 Å². The normalized spacial score (nSPS) is 14.4. The monoisotopic (exact) mass is 456 g/mol. The van der Waals surface area contributed by atoms with Crippen molar-refractivity contribution in [2.45, 2.75) is 51.9 Å². The molecule has 0 saturated carbocycles. The van der Waals surface area contributed by atoms with E-state index >= 15 is 0 Å². The van der Waals surface area contributed by atoms with Crippen molar-refractivity contribution in [1.29, 1.82) is 0 Å². The number of hydrogen-bond donors (Lipinski definition) is 4. The van der Waals surface area contributed by atoms with Crippen LogP contribution in [0.25, 0.3) is 21.5 Å².